The molecule has 0 atom stereocenters. The molecule has 0 aliphatic heterocycles. The van der Waals surface area contributed by atoms with Crippen LogP contribution in [0.25, 0.3) is 0 Å². The second-order valence-corrected chi connectivity index (χ2v) is 4.18. The Bertz CT molecular complexity index is 558. The molecule has 0 aliphatic carbocycles. The third-order valence-corrected chi connectivity index (χ3v) is 2.34. The molecule has 2 heterocycles. The van der Waals surface area contributed by atoms with Gasteiger partial charge in [-0.15, -0.1) is 0 Å². The van der Waals surface area contributed by atoms with Crippen molar-refractivity contribution in [3.63, 3.8) is 0 Å². The Balaban J connectivity index is 2.25. The SMILES string of the molecule is CC(F)(F)c1cncc(Oc2cncc(Cl)c2)c1. The molecule has 18 heavy (non-hydrogen) atoms. The van der Waals surface area contributed by atoms with Crippen molar-refractivity contribution in [1.29, 1.82) is 0 Å². The Hall–Kier alpha value is -1.75. The topological polar surface area (TPSA) is 35.0 Å². The summed E-state index contributed by atoms with van der Waals surface area (Å²) in [6.07, 6.45) is 5.32. The van der Waals surface area contributed by atoms with Gasteiger partial charge in [-0.05, 0) is 6.07 Å². The number of aromatic nitrogens is 2. The summed E-state index contributed by atoms with van der Waals surface area (Å²) in [5.41, 5.74) is -0.213. The van der Waals surface area contributed by atoms with E-state index in [9.17, 15) is 8.78 Å². The lowest BCUT2D eigenvalue weighted by molar-refractivity contribution is 0.0169. The van der Waals surface area contributed by atoms with Crippen molar-refractivity contribution in [2.45, 2.75) is 12.8 Å². The van der Waals surface area contributed by atoms with Crippen LogP contribution in [0.4, 0.5) is 8.78 Å². The molecule has 2 aromatic rings. The zero-order valence-electron chi connectivity index (χ0n) is 9.40. The third-order valence-electron chi connectivity index (χ3n) is 2.14. The summed E-state index contributed by atoms with van der Waals surface area (Å²) in [4.78, 5) is 7.54. The highest BCUT2D eigenvalue weighted by Gasteiger charge is 2.25. The number of pyridine rings is 2. The average molecular weight is 271 g/mol. The van der Waals surface area contributed by atoms with Crippen LogP contribution in [0.2, 0.25) is 5.02 Å². The van der Waals surface area contributed by atoms with Gasteiger partial charge in [0.2, 0.25) is 0 Å². The number of hydrogen-bond donors (Lipinski definition) is 0. The Morgan fingerprint density at radius 3 is 2.28 bits per heavy atom. The van der Waals surface area contributed by atoms with Gasteiger partial charge < -0.3 is 4.74 Å². The van der Waals surface area contributed by atoms with E-state index in [1.165, 1.54) is 30.7 Å². The van der Waals surface area contributed by atoms with E-state index in [4.69, 9.17) is 16.3 Å². The lowest BCUT2D eigenvalue weighted by atomic mass is 10.2. The number of nitrogens with zero attached hydrogens (tertiary/aromatic N) is 2. The molecule has 6 heteroatoms. The standard InChI is InChI=1S/C12H9ClF2N2O/c1-12(14,15)8-2-10(6-16-4-8)18-11-3-9(13)5-17-7-11/h2-7H,1H3. The Labute approximate surface area is 107 Å². The van der Waals surface area contributed by atoms with Crippen LogP contribution in [0.5, 0.6) is 11.5 Å². The van der Waals surface area contributed by atoms with Crippen LogP contribution in [0.3, 0.4) is 0 Å². The molecule has 0 unspecified atom stereocenters. The lowest BCUT2D eigenvalue weighted by Gasteiger charge is -2.11. The van der Waals surface area contributed by atoms with E-state index >= 15 is 0 Å². The molecule has 2 aromatic heterocycles. The molecule has 0 saturated carbocycles. The molecular weight excluding hydrogens is 262 g/mol. The first-order chi connectivity index (χ1) is 8.45. The smallest absolute Gasteiger partial charge is 0.272 e. The van der Waals surface area contributed by atoms with Crippen LogP contribution in [-0.4, -0.2) is 9.97 Å². The van der Waals surface area contributed by atoms with Gasteiger partial charge in [0.05, 0.1) is 17.4 Å². The Morgan fingerprint density at radius 1 is 1.06 bits per heavy atom. The summed E-state index contributed by atoms with van der Waals surface area (Å²) in [5.74, 6) is -2.39. The van der Waals surface area contributed by atoms with Crippen molar-refractivity contribution >= 4 is 11.6 Å². The number of alkyl halides is 2. The fourth-order valence-electron chi connectivity index (χ4n) is 1.30. The molecule has 0 aromatic carbocycles. The first kappa shape index (κ1) is 12.7. The second kappa shape index (κ2) is 4.86. The number of ether oxygens (including phenoxy) is 1. The lowest BCUT2D eigenvalue weighted by Crippen LogP contribution is -2.07. The van der Waals surface area contributed by atoms with Gasteiger partial charge in [0.1, 0.15) is 11.5 Å². The first-order valence-electron chi connectivity index (χ1n) is 5.07. The minimum atomic E-state index is -2.96. The summed E-state index contributed by atoms with van der Waals surface area (Å²) in [6.45, 7) is 0.800. The highest BCUT2D eigenvalue weighted by Crippen LogP contribution is 2.30. The predicted molar refractivity (Wildman–Crippen MR) is 63.1 cm³/mol. The quantitative estimate of drug-likeness (QED) is 0.844. The Kier molecular flexibility index (Phi) is 3.43. The number of rotatable bonds is 3. The maximum atomic E-state index is 13.1. The normalized spacial score (nSPS) is 11.3. The monoisotopic (exact) mass is 270 g/mol. The molecule has 0 amide bonds. The van der Waals surface area contributed by atoms with Crippen LogP contribution < -0.4 is 4.74 Å². The van der Waals surface area contributed by atoms with Crippen LogP contribution in [0, 0.1) is 0 Å². The fraction of sp³-hybridized carbons (Fsp3) is 0.167. The molecule has 0 saturated heterocycles. The zero-order valence-corrected chi connectivity index (χ0v) is 10.2. The maximum absolute atomic E-state index is 13.1. The number of halogens is 3. The summed E-state index contributed by atoms with van der Waals surface area (Å²) in [5, 5.41) is 0.400. The highest BCUT2D eigenvalue weighted by atomic mass is 35.5. The third kappa shape index (κ3) is 3.13. The summed E-state index contributed by atoms with van der Waals surface area (Å²) < 4.78 is 31.6. The minimum absolute atomic E-state index is 0.207. The van der Waals surface area contributed by atoms with E-state index in [1.54, 1.807) is 0 Å². The second-order valence-electron chi connectivity index (χ2n) is 3.74. The molecule has 2 rings (SSSR count). The molecule has 0 N–H and O–H groups in total. The van der Waals surface area contributed by atoms with Gasteiger partial charge in [-0.25, -0.2) is 8.78 Å². The van der Waals surface area contributed by atoms with Gasteiger partial charge in [-0.1, -0.05) is 11.6 Å². The van der Waals surface area contributed by atoms with Crippen LogP contribution in [-0.2, 0) is 5.92 Å². The molecule has 3 nitrogen and oxygen atoms in total. The molecule has 0 spiro atoms. The Morgan fingerprint density at radius 2 is 1.67 bits per heavy atom. The van der Waals surface area contributed by atoms with Gasteiger partial charge >= 0.3 is 0 Å². The summed E-state index contributed by atoms with van der Waals surface area (Å²) in [7, 11) is 0. The molecule has 94 valence electrons. The molecule has 0 bridgehead atoms. The van der Waals surface area contributed by atoms with Crippen LogP contribution >= 0.6 is 11.6 Å². The predicted octanol–water partition coefficient (Wildman–Crippen LogP) is 4.03. The minimum Gasteiger partial charge on any atom is -0.454 e. The molecule has 0 radical (unpaired) electrons. The summed E-state index contributed by atoms with van der Waals surface area (Å²) in [6, 6.07) is 2.76. The fourth-order valence-corrected chi connectivity index (χ4v) is 1.46. The van der Waals surface area contributed by atoms with Crippen molar-refractivity contribution in [3.05, 3.63) is 47.5 Å². The number of hydrogen-bond acceptors (Lipinski definition) is 3. The van der Waals surface area contributed by atoms with Gasteiger partial charge in [0.15, 0.2) is 0 Å². The van der Waals surface area contributed by atoms with Crippen molar-refractivity contribution in [3.8, 4) is 11.5 Å². The zero-order chi connectivity index (χ0) is 13.2. The van der Waals surface area contributed by atoms with Crippen molar-refractivity contribution < 1.29 is 13.5 Å². The van der Waals surface area contributed by atoms with Gasteiger partial charge in [0, 0.05) is 30.9 Å². The van der Waals surface area contributed by atoms with E-state index in [2.05, 4.69) is 9.97 Å². The van der Waals surface area contributed by atoms with E-state index in [0.29, 0.717) is 10.8 Å². The average Bonchev–Trinajstić information content (AvgIpc) is 2.28. The van der Waals surface area contributed by atoms with Gasteiger partial charge in [0.25, 0.3) is 5.92 Å². The molecule has 0 aliphatic rings. The summed E-state index contributed by atoms with van der Waals surface area (Å²) >= 11 is 5.74. The van der Waals surface area contributed by atoms with Crippen molar-refractivity contribution in [2.24, 2.45) is 0 Å². The van der Waals surface area contributed by atoms with Crippen LogP contribution in [0.15, 0.2) is 36.9 Å². The maximum Gasteiger partial charge on any atom is 0.272 e. The first-order valence-corrected chi connectivity index (χ1v) is 5.45. The van der Waals surface area contributed by atoms with E-state index in [-0.39, 0.29) is 11.3 Å². The van der Waals surface area contributed by atoms with Gasteiger partial charge in [-0.2, -0.15) is 0 Å². The van der Waals surface area contributed by atoms with E-state index in [1.807, 2.05) is 0 Å². The van der Waals surface area contributed by atoms with Crippen molar-refractivity contribution in [1.82, 2.24) is 9.97 Å². The largest absolute Gasteiger partial charge is 0.454 e. The van der Waals surface area contributed by atoms with Gasteiger partial charge in [-0.3, -0.25) is 9.97 Å². The highest BCUT2D eigenvalue weighted by molar-refractivity contribution is 6.30. The van der Waals surface area contributed by atoms with E-state index in [0.717, 1.165) is 13.1 Å². The van der Waals surface area contributed by atoms with Crippen molar-refractivity contribution in [2.75, 3.05) is 0 Å². The van der Waals surface area contributed by atoms with Crippen LogP contribution in [0.1, 0.15) is 12.5 Å². The molecule has 0 fully saturated rings. The van der Waals surface area contributed by atoms with E-state index < -0.39 is 5.92 Å². The molecular formula is C12H9ClF2N2O.